The van der Waals surface area contributed by atoms with Crippen LogP contribution in [0.25, 0.3) is 0 Å². The third-order valence-electron chi connectivity index (χ3n) is 2.64. The Labute approximate surface area is 107 Å². The van der Waals surface area contributed by atoms with Crippen LogP contribution in [0.2, 0.25) is 0 Å². The van der Waals surface area contributed by atoms with E-state index < -0.39 is 0 Å². The Morgan fingerprint density at radius 3 is 2.88 bits per heavy atom. The molecule has 1 aromatic heterocycles. The molecule has 0 aliphatic carbocycles. The largest absolute Gasteiger partial charge is 0.311 e. The summed E-state index contributed by atoms with van der Waals surface area (Å²) in [5.74, 6) is 0. The summed E-state index contributed by atoms with van der Waals surface area (Å²) in [5.41, 5.74) is 2.73. The van der Waals surface area contributed by atoms with Crippen LogP contribution in [-0.4, -0.2) is 11.5 Å². The Kier molecular flexibility index (Phi) is 4.29. The van der Waals surface area contributed by atoms with E-state index in [1.54, 1.807) is 11.3 Å². The van der Waals surface area contributed by atoms with E-state index in [0.717, 1.165) is 24.5 Å². The molecule has 1 N–H and O–H groups in total. The lowest BCUT2D eigenvalue weighted by Gasteiger charge is -2.04. The van der Waals surface area contributed by atoms with Crippen LogP contribution in [0.1, 0.15) is 21.0 Å². The molecular weight excluding hydrogens is 228 g/mol. The summed E-state index contributed by atoms with van der Waals surface area (Å²) in [7, 11) is 0. The van der Waals surface area contributed by atoms with E-state index in [1.165, 1.54) is 16.0 Å². The van der Waals surface area contributed by atoms with E-state index in [9.17, 15) is 0 Å². The topological polar surface area (TPSA) is 24.9 Å². The van der Waals surface area contributed by atoms with Crippen LogP contribution in [0.4, 0.5) is 0 Å². The summed E-state index contributed by atoms with van der Waals surface area (Å²) in [4.78, 5) is 5.56. The molecule has 0 aliphatic rings. The van der Waals surface area contributed by atoms with E-state index >= 15 is 0 Å². The first-order valence-electron chi connectivity index (χ1n) is 5.91. The van der Waals surface area contributed by atoms with Crippen molar-refractivity contribution in [2.24, 2.45) is 0 Å². The second-order valence-electron chi connectivity index (χ2n) is 4.26. The molecule has 2 nitrogen and oxygen atoms in total. The average molecular weight is 246 g/mol. The van der Waals surface area contributed by atoms with Crippen molar-refractivity contribution in [3.63, 3.8) is 0 Å². The summed E-state index contributed by atoms with van der Waals surface area (Å²) in [6, 6.07) is 8.69. The van der Waals surface area contributed by atoms with Gasteiger partial charge < -0.3 is 5.32 Å². The number of aryl methyl sites for hydroxylation is 2. The van der Waals surface area contributed by atoms with Crippen molar-refractivity contribution in [3.8, 4) is 0 Å². The molecule has 2 aromatic rings. The molecule has 0 atom stereocenters. The highest BCUT2D eigenvalue weighted by Crippen LogP contribution is 2.10. The first-order valence-corrected chi connectivity index (χ1v) is 6.73. The second-order valence-corrected chi connectivity index (χ2v) is 5.58. The fraction of sp³-hybridized carbons (Fsp3) is 0.357. The van der Waals surface area contributed by atoms with Crippen molar-refractivity contribution in [2.45, 2.75) is 26.8 Å². The number of benzene rings is 1. The number of thiazole rings is 1. The Bertz CT molecular complexity index is 477. The third-order valence-corrected chi connectivity index (χ3v) is 3.55. The maximum absolute atomic E-state index is 4.24. The zero-order valence-corrected chi connectivity index (χ0v) is 11.2. The minimum atomic E-state index is 0.928. The Morgan fingerprint density at radius 2 is 2.18 bits per heavy atom. The Hall–Kier alpha value is -1.19. The molecule has 1 aromatic carbocycles. The summed E-state index contributed by atoms with van der Waals surface area (Å²) in [6.45, 7) is 6.12. The summed E-state index contributed by atoms with van der Waals surface area (Å²) >= 11 is 1.76. The van der Waals surface area contributed by atoms with E-state index in [4.69, 9.17) is 0 Å². The minimum absolute atomic E-state index is 0.928. The van der Waals surface area contributed by atoms with Crippen molar-refractivity contribution in [3.05, 3.63) is 51.5 Å². The number of hydrogen-bond acceptors (Lipinski definition) is 3. The van der Waals surface area contributed by atoms with Crippen LogP contribution in [0, 0.1) is 13.8 Å². The first kappa shape index (κ1) is 12.3. The third kappa shape index (κ3) is 3.95. The molecule has 0 unspecified atom stereocenters. The molecule has 17 heavy (non-hydrogen) atoms. The standard InChI is InChI=1S/C14H18N2S/c1-11-4-3-5-13(8-11)6-7-15-9-14-10-16-12(2)17-14/h3-5,8,10,15H,6-7,9H2,1-2H3. The summed E-state index contributed by atoms with van der Waals surface area (Å²) < 4.78 is 0. The number of aromatic nitrogens is 1. The fourth-order valence-electron chi connectivity index (χ4n) is 1.80. The molecule has 0 spiro atoms. The van der Waals surface area contributed by atoms with Crippen molar-refractivity contribution >= 4 is 11.3 Å². The van der Waals surface area contributed by atoms with Crippen LogP contribution in [0.3, 0.4) is 0 Å². The van der Waals surface area contributed by atoms with E-state index in [-0.39, 0.29) is 0 Å². The molecule has 3 heteroatoms. The van der Waals surface area contributed by atoms with Gasteiger partial charge >= 0.3 is 0 Å². The maximum atomic E-state index is 4.24. The van der Waals surface area contributed by atoms with Crippen molar-refractivity contribution in [2.75, 3.05) is 6.54 Å². The first-order chi connectivity index (χ1) is 8.24. The summed E-state index contributed by atoms with van der Waals surface area (Å²) in [5, 5.41) is 4.59. The number of rotatable bonds is 5. The minimum Gasteiger partial charge on any atom is -0.311 e. The highest BCUT2D eigenvalue weighted by molar-refractivity contribution is 7.11. The van der Waals surface area contributed by atoms with Gasteiger partial charge in [-0.3, -0.25) is 0 Å². The van der Waals surface area contributed by atoms with Crippen LogP contribution < -0.4 is 5.32 Å². The van der Waals surface area contributed by atoms with Crippen molar-refractivity contribution in [1.29, 1.82) is 0 Å². The highest BCUT2D eigenvalue weighted by Gasteiger charge is 1.98. The van der Waals surface area contributed by atoms with Crippen LogP contribution in [0.15, 0.2) is 30.5 Å². The molecule has 0 aliphatic heterocycles. The molecule has 0 radical (unpaired) electrons. The van der Waals surface area contributed by atoms with Crippen LogP contribution in [-0.2, 0) is 13.0 Å². The predicted octanol–water partition coefficient (Wildman–Crippen LogP) is 3.09. The SMILES string of the molecule is Cc1cccc(CCNCc2cnc(C)s2)c1. The molecule has 0 saturated heterocycles. The highest BCUT2D eigenvalue weighted by atomic mass is 32.1. The number of nitrogens with zero attached hydrogens (tertiary/aromatic N) is 1. The van der Waals surface area contributed by atoms with Gasteiger partial charge in [-0.1, -0.05) is 29.8 Å². The van der Waals surface area contributed by atoms with Gasteiger partial charge in [0.15, 0.2) is 0 Å². The van der Waals surface area contributed by atoms with Gasteiger partial charge in [-0.15, -0.1) is 11.3 Å². The molecule has 0 fully saturated rings. The molecule has 0 bridgehead atoms. The lowest BCUT2D eigenvalue weighted by atomic mass is 10.1. The number of hydrogen-bond donors (Lipinski definition) is 1. The lowest BCUT2D eigenvalue weighted by Crippen LogP contribution is -2.15. The molecular formula is C14H18N2S. The van der Waals surface area contributed by atoms with E-state index in [2.05, 4.69) is 41.5 Å². The lowest BCUT2D eigenvalue weighted by molar-refractivity contribution is 0.692. The van der Waals surface area contributed by atoms with Gasteiger partial charge in [0.1, 0.15) is 0 Å². The van der Waals surface area contributed by atoms with Gasteiger partial charge in [-0.25, -0.2) is 4.98 Å². The van der Waals surface area contributed by atoms with Crippen LogP contribution >= 0.6 is 11.3 Å². The maximum Gasteiger partial charge on any atom is 0.0897 e. The predicted molar refractivity (Wildman–Crippen MR) is 73.4 cm³/mol. The molecule has 1 heterocycles. The van der Waals surface area contributed by atoms with Gasteiger partial charge in [0.05, 0.1) is 5.01 Å². The smallest absolute Gasteiger partial charge is 0.0897 e. The van der Waals surface area contributed by atoms with Gasteiger partial charge in [0.2, 0.25) is 0 Å². The van der Waals surface area contributed by atoms with Crippen LogP contribution in [0.5, 0.6) is 0 Å². The number of nitrogens with one attached hydrogen (secondary N) is 1. The van der Waals surface area contributed by atoms with Gasteiger partial charge in [0, 0.05) is 17.6 Å². The normalized spacial score (nSPS) is 10.7. The molecule has 2 rings (SSSR count). The quantitative estimate of drug-likeness (QED) is 0.820. The Balaban J connectivity index is 1.73. The molecule has 90 valence electrons. The van der Waals surface area contributed by atoms with E-state index in [0.29, 0.717) is 0 Å². The van der Waals surface area contributed by atoms with Gasteiger partial charge in [-0.05, 0) is 32.4 Å². The molecule has 0 amide bonds. The van der Waals surface area contributed by atoms with Crippen molar-refractivity contribution < 1.29 is 0 Å². The Morgan fingerprint density at radius 1 is 1.29 bits per heavy atom. The van der Waals surface area contributed by atoms with E-state index in [1.807, 2.05) is 13.1 Å². The fourth-order valence-corrected chi connectivity index (χ4v) is 2.56. The molecule has 0 saturated carbocycles. The van der Waals surface area contributed by atoms with Gasteiger partial charge in [-0.2, -0.15) is 0 Å². The average Bonchev–Trinajstić information content (AvgIpc) is 2.71. The van der Waals surface area contributed by atoms with Gasteiger partial charge in [0.25, 0.3) is 0 Å². The second kappa shape index (κ2) is 5.94. The van der Waals surface area contributed by atoms with Crippen molar-refractivity contribution in [1.82, 2.24) is 10.3 Å². The monoisotopic (exact) mass is 246 g/mol. The summed E-state index contributed by atoms with van der Waals surface area (Å²) in [6.07, 6.45) is 3.04. The zero-order chi connectivity index (χ0) is 12.1. The zero-order valence-electron chi connectivity index (χ0n) is 10.4.